The van der Waals surface area contributed by atoms with Crippen LogP contribution in [0.5, 0.6) is 0 Å². The van der Waals surface area contributed by atoms with E-state index in [4.69, 9.17) is 15.7 Å². The molecule has 0 aliphatic heterocycles. The number of fused-ring (bicyclic) bond motifs is 2. The van der Waals surface area contributed by atoms with E-state index in [-0.39, 0.29) is 5.92 Å². The molecular weight excluding hydrogens is 424 g/mol. The zero-order valence-corrected chi connectivity index (χ0v) is 19.2. The van der Waals surface area contributed by atoms with Gasteiger partial charge in [-0.3, -0.25) is 9.67 Å². The Labute approximate surface area is 196 Å². The van der Waals surface area contributed by atoms with Gasteiger partial charge in [-0.2, -0.15) is 5.10 Å². The van der Waals surface area contributed by atoms with Crippen molar-refractivity contribution < 1.29 is 0 Å². The van der Waals surface area contributed by atoms with E-state index >= 15 is 0 Å². The van der Waals surface area contributed by atoms with Crippen LogP contribution in [-0.4, -0.2) is 33.9 Å². The lowest BCUT2D eigenvalue weighted by Crippen LogP contribution is -2.11. The molecule has 0 fully saturated rings. The predicted molar refractivity (Wildman–Crippen MR) is 133 cm³/mol. The number of hydrogen-bond donors (Lipinski definition) is 1. The molecule has 4 heterocycles. The van der Waals surface area contributed by atoms with Gasteiger partial charge in [0.1, 0.15) is 5.82 Å². The van der Waals surface area contributed by atoms with Crippen molar-refractivity contribution in [2.24, 2.45) is 21.1 Å². The number of imidazole rings is 1. The first-order valence-electron chi connectivity index (χ1n) is 11.1. The van der Waals surface area contributed by atoms with E-state index in [1.165, 1.54) is 5.39 Å². The molecule has 8 nitrogen and oxygen atoms in total. The van der Waals surface area contributed by atoms with Crippen molar-refractivity contribution in [2.75, 3.05) is 5.73 Å². The molecule has 0 spiro atoms. The molecule has 0 amide bonds. The minimum absolute atomic E-state index is 0.202. The fourth-order valence-electron chi connectivity index (χ4n) is 4.64. The summed E-state index contributed by atoms with van der Waals surface area (Å²) >= 11 is 0. The first kappa shape index (κ1) is 20.2. The third-order valence-corrected chi connectivity index (χ3v) is 6.36. The van der Waals surface area contributed by atoms with Crippen LogP contribution in [0.4, 0.5) is 5.69 Å². The van der Waals surface area contributed by atoms with Crippen LogP contribution < -0.4 is 5.73 Å². The third kappa shape index (κ3) is 3.23. The van der Waals surface area contributed by atoms with E-state index in [9.17, 15) is 0 Å². The first-order valence-corrected chi connectivity index (χ1v) is 11.1. The molecule has 8 heteroatoms. The van der Waals surface area contributed by atoms with Gasteiger partial charge in [-0.05, 0) is 35.2 Å². The number of aromatic nitrogens is 7. The summed E-state index contributed by atoms with van der Waals surface area (Å²) in [7, 11) is 5.94. The third-order valence-electron chi connectivity index (χ3n) is 6.36. The minimum Gasteiger partial charge on any atom is -0.399 e. The molecule has 6 rings (SSSR count). The number of anilines is 1. The van der Waals surface area contributed by atoms with E-state index in [0.717, 1.165) is 44.8 Å². The molecule has 34 heavy (non-hydrogen) atoms. The number of nitrogens with zero attached hydrogens (tertiary/aromatic N) is 7. The Balaban J connectivity index is 1.59. The predicted octanol–water partition coefficient (Wildman–Crippen LogP) is 4.02. The van der Waals surface area contributed by atoms with E-state index in [2.05, 4.69) is 45.1 Å². The van der Waals surface area contributed by atoms with Crippen LogP contribution in [0.3, 0.4) is 0 Å². The van der Waals surface area contributed by atoms with Gasteiger partial charge in [-0.15, -0.1) is 0 Å². The molecule has 0 radical (unpaired) electrons. The Morgan fingerprint density at radius 1 is 0.912 bits per heavy atom. The average molecular weight is 449 g/mol. The lowest BCUT2D eigenvalue weighted by atomic mass is 9.97. The van der Waals surface area contributed by atoms with Gasteiger partial charge >= 0.3 is 0 Å². The topological polar surface area (TPSA) is 92.4 Å². The normalized spacial score (nSPS) is 12.6. The summed E-state index contributed by atoms with van der Waals surface area (Å²) in [6, 6.07) is 12.4. The SMILES string of the molecule is Cn1cc([C@@H](c2cnc3cc(N)cc(-c4ccc5ccn(C)c5c4)c3n2)c2nccn2C)cn1. The number of benzene rings is 2. The zero-order valence-electron chi connectivity index (χ0n) is 19.2. The summed E-state index contributed by atoms with van der Waals surface area (Å²) < 4.78 is 5.92. The summed E-state index contributed by atoms with van der Waals surface area (Å²) in [6.45, 7) is 0. The maximum atomic E-state index is 6.28. The van der Waals surface area contributed by atoms with Crippen LogP contribution in [0.1, 0.15) is 23.0 Å². The van der Waals surface area contributed by atoms with E-state index in [1.54, 1.807) is 10.9 Å². The quantitative estimate of drug-likeness (QED) is 0.411. The van der Waals surface area contributed by atoms with Crippen LogP contribution in [0.25, 0.3) is 33.1 Å². The maximum absolute atomic E-state index is 6.28. The van der Waals surface area contributed by atoms with E-state index < -0.39 is 0 Å². The second-order valence-corrected chi connectivity index (χ2v) is 8.71. The highest BCUT2D eigenvalue weighted by atomic mass is 15.2. The molecule has 0 saturated heterocycles. The molecule has 0 aliphatic carbocycles. The minimum atomic E-state index is -0.202. The van der Waals surface area contributed by atoms with Crippen LogP contribution in [-0.2, 0) is 21.1 Å². The van der Waals surface area contributed by atoms with Crippen LogP contribution >= 0.6 is 0 Å². The van der Waals surface area contributed by atoms with Crippen molar-refractivity contribution in [3.05, 3.63) is 90.7 Å². The van der Waals surface area contributed by atoms with Crippen LogP contribution in [0.15, 0.2) is 73.6 Å². The number of hydrogen-bond acceptors (Lipinski definition) is 5. The molecule has 2 aromatic carbocycles. The molecule has 168 valence electrons. The van der Waals surface area contributed by atoms with E-state index in [1.807, 2.05) is 62.6 Å². The first-order chi connectivity index (χ1) is 16.5. The Morgan fingerprint density at radius 2 is 1.79 bits per heavy atom. The van der Waals surface area contributed by atoms with Gasteiger partial charge < -0.3 is 14.9 Å². The summed E-state index contributed by atoms with van der Waals surface area (Å²) in [5.74, 6) is 0.676. The monoisotopic (exact) mass is 448 g/mol. The molecule has 0 unspecified atom stereocenters. The highest BCUT2D eigenvalue weighted by molar-refractivity contribution is 5.97. The summed E-state index contributed by atoms with van der Waals surface area (Å²) in [5, 5.41) is 5.58. The van der Waals surface area contributed by atoms with Gasteiger partial charge in [-0.25, -0.2) is 9.97 Å². The van der Waals surface area contributed by atoms with Gasteiger partial charge in [-0.1, -0.05) is 12.1 Å². The van der Waals surface area contributed by atoms with Crippen LogP contribution in [0, 0.1) is 0 Å². The largest absolute Gasteiger partial charge is 0.399 e. The van der Waals surface area contributed by atoms with Crippen LogP contribution in [0.2, 0.25) is 0 Å². The molecule has 2 N–H and O–H groups in total. The zero-order chi connectivity index (χ0) is 23.4. The molecular formula is C26H24N8. The molecule has 0 saturated carbocycles. The van der Waals surface area contributed by atoms with Crippen molar-refractivity contribution in [3.8, 4) is 11.1 Å². The van der Waals surface area contributed by atoms with Crippen molar-refractivity contribution in [1.29, 1.82) is 0 Å². The lowest BCUT2D eigenvalue weighted by molar-refractivity contribution is 0.743. The Kier molecular flexibility index (Phi) is 4.48. The Bertz CT molecular complexity index is 1670. The fraction of sp³-hybridized carbons (Fsp3) is 0.154. The highest BCUT2D eigenvalue weighted by Gasteiger charge is 2.25. The standard InChI is InChI=1S/C26H24N8/c1-32-8-6-16-4-5-17(10-23(16)32)20-11-19(27)12-21-25(20)31-22(14-29-21)24(18-13-30-34(3)15-18)26-28-7-9-33(26)2/h4-15,24H,27H2,1-3H3/t24-/m0/s1. The van der Waals surface area contributed by atoms with Gasteiger partial charge in [0.15, 0.2) is 0 Å². The second kappa shape index (κ2) is 7.55. The summed E-state index contributed by atoms with van der Waals surface area (Å²) in [5.41, 5.74) is 13.5. The maximum Gasteiger partial charge on any atom is 0.122 e. The highest BCUT2D eigenvalue weighted by Crippen LogP contribution is 2.34. The molecule has 0 bridgehead atoms. The molecule has 0 aliphatic rings. The smallest absolute Gasteiger partial charge is 0.122 e. The fourth-order valence-corrected chi connectivity index (χ4v) is 4.64. The number of aryl methyl sites for hydroxylation is 3. The van der Waals surface area contributed by atoms with Gasteiger partial charge in [0.25, 0.3) is 0 Å². The van der Waals surface area contributed by atoms with Crippen molar-refractivity contribution in [2.45, 2.75) is 5.92 Å². The van der Waals surface area contributed by atoms with Gasteiger partial charge in [0.2, 0.25) is 0 Å². The molecule has 4 aromatic heterocycles. The second-order valence-electron chi connectivity index (χ2n) is 8.71. The summed E-state index contributed by atoms with van der Waals surface area (Å²) in [6.07, 6.45) is 11.5. The number of nitrogens with two attached hydrogens (primary N) is 1. The van der Waals surface area contributed by atoms with Crippen molar-refractivity contribution in [1.82, 2.24) is 33.9 Å². The van der Waals surface area contributed by atoms with Crippen molar-refractivity contribution in [3.63, 3.8) is 0 Å². The van der Waals surface area contributed by atoms with Gasteiger partial charge in [0.05, 0.1) is 35.0 Å². The number of nitrogen functional groups attached to an aromatic ring is 1. The average Bonchev–Trinajstić information content (AvgIpc) is 3.55. The lowest BCUT2D eigenvalue weighted by Gasteiger charge is -2.16. The Hall–Kier alpha value is -4.46. The van der Waals surface area contributed by atoms with E-state index in [0.29, 0.717) is 5.69 Å². The molecule has 6 aromatic rings. The Morgan fingerprint density at radius 3 is 2.56 bits per heavy atom. The van der Waals surface area contributed by atoms with Gasteiger partial charge in [0, 0.05) is 68.3 Å². The number of rotatable bonds is 4. The molecule has 1 atom stereocenters. The van der Waals surface area contributed by atoms with Crippen molar-refractivity contribution >= 4 is 27.6 Å². The summed E-state index contributed by atoms with van der Waals surface area (Å²) in [4.78, 5) is 14.6.